The summed E-state index contributed by atoms with van der Waals surface area (Å²) < 4.78 is 7.81. The van der Waals surface area contributed by atoms with Crippen molar-refractivity contribution in [3.05, 3.63) is 36.0 Å². The van der Waals surface area contributed by atoms with Gasteiger partial charge in [0.15, 0.2) is 0 Å². The summed E-state index contributed by atoms with van der Waals surface area (Å²) in [6.07, 6.45) is 4.62. The molecule has 0 atom stereocenters. The van der Waals surface area contributed by atoms with Gasteiger partial charge in [0.25, 0.3) is 0 Å². The van der Waals surface area contributed by atoms with Gasteiger partial charge in [0.05, 0.1) is 0 Å². The van der Waals surface area contributed by atoms with Crippen LogP contribution in [0.2, 0.25) is 0 Å². The Balaban J connectivity index is 1.84. The van der Waals surface area contributed by atoms with Crippen molar-refractivity contribution in [2.24, 2.45) is 5.92 Å². The van der Waals surface area contributed by atoms with Gasteiger partial charge in [-0.25, -0.2) is 0 Å². The van der Waals surface area contributed by atoms with Crippen LogP contribution in [-0.4, -0.2) is 17.8 Å². The molecule has 2 heterocycles. The molecule has 0 radical (unpaired) electrons. The van der Waals surface area contributed by atoms with Crippen LogP contribution in [-0.2, 0) is 11.3 Å². The third-order valence-corrected chi connectivity index (χ3v) is 3.72. The van der Waals surface area contributed by atoms with Crippen LogP contribution in [0.1, 0.15) is 18.4 Å². The minimum Gasteiger partial charge on any atom is -0.381 e. The summed E-state index contributed by atoms with van der Waals surface area (Å²) in [5, 5.41) is 1.36. The number of aromatic nitrogens is 1. The topological polar surface area (TPSA) is 14.2 Å². The number of hydrogen-bond acceptors (Lipinski definition) is 1. The third-order valence-electron chi connectivity index (χ3n) is 3.72. The van der Waals surface area contributed by atoms with Crippen molar-refractivity contribution in [3.63, 3.8) is 0 Å². The standard InChI is InChI=1S/C15H19NO/c1-12-2-3-15-14(10-12)4-7-16(15)11-13-5-8-17-9-6-13/h2-4,7,10,13H,5-6,8-9,11H2,1H3. The van der Waals surface area contributed by atoms with Crippen molar-refractivity contribution in [1.82, 2.24) is 4.57 Å². The van der Waals surface area contributed by atoms with Crippen LogP contribution < -0.4 is 0 Å². The Morgan fingerprint density at radius 1 is 1.24 bits per heavy atom. The molecule has 0 bridgehead atoms. The average Bonchev–Trinajstić information content (AvgIpc) is 2.73. The Morgan fingerprint density at radius 3 is 2.88 bits per heavy atom. The van der Waals surface area contributed by atoms with Crippen molar-refractivity contribution < 1.29 is 4.74 Å². The highest BCUT2D eigenvalue weighted by Crippen LogP contribution is 2.22. The molecule has 90 valence electrons. The van der Waals surface area contributed by atoms with Crippen molar-refractivity contribution >= 4 is 10.9 Å². The second kappa shape index (κ2) is 4.53. The van der Waals surface area contributed by atoms with E-state index in [1.165, 1.54) is 29.3 Å². The number of aryl methyl sites for hydroxylation is 1. The lowest BCUT2D eigenvalue weighted by Gasteiger charge is -2.22. The van der Waals surface area contributed by atoms with Crippen LogP contribution in [0.15, 0.2) is 30.5 Å². The highest BCUT2D eigenvalue weighted by molar-refractivity contribution is 5.80. The van der Waals surface area contributed by atoms with E-state index in [1.807, 2.05) is 0 Å². The maximum Gasteiger partial charge on any atom is 0.0480 e. The Bertz CT molecular complexity index is 509. The van der Waals surface area contributed by atoms with E-state index in [9.17, 15) is 0 Å². The van der Waals surface area contributed by atoms with Gasteiger partial charge in [-0.3, -0.25) is 0 Å². The largest absolute Gasteiger partial charge is 0.381 e. The Morgan fingerprint density at radius 2 is 2.06 bits per heavy atom. The predicted molar refractivity (Wildman–Crippen MR) is 70.2 cm³/mol. The molecule has 2 heteroatoms. The molecule has 0 N–H and O–H groups in total. The van der Waals surface area contributed by atoms with E-state index < -0.39 is 0 Å². The molecule has 1 aromatic heterocycles. The van der Waals surface area contributed by atoms with E-state index in [0.29, 0.717) is 0 Å². The molecule has 2 aromatic rings. The molecule has 1 aromatic carbocycles. The minimum atomic E-state index is 0.778. The second-order valence-corrected chi connectivity index (χ2v) is 5.09. The first-order chi connectivity index (χ1) is 8.33. The van der Waals surface area contributed by atoms with Crippen LogP contribution in [0.3, 0.4) is 0 Å². The SMILES string of the molecule is Cc1ccc2c(ccn2CC2CCOCC2)c1. The zero-order chi connectivity index (χ0) is 11.7. The van der Waals surface area contributed by atoms with Gasteiger partial charge in [-0.2, -0.15) is 0 Å². The van der Waals surface area contributed by atoms with Gasteiger partial charge < -0.3 is 9.30 Å². The average molecular weight is 229 g/mol. The van der Waals surface area contributed by atoms with E-state index in [0.717, 1.165) is 25.7 Å². The van der Waals surface area contributed by atoms with E-state index in [-0.39, 0.29) is 0 Å². The van der Waals surface area contributed by atoms with Gasteiger partial charge in [0.2, 0.25) is 0 Å². The number of ether oxygens (including phenoxy) is 1. The summed E-state index contributed by atoms with van der Waals surface area (Å²) in [6.45, 7) is 5.15. The van der Waals surface area contributed by atoms with E-state index in [4.69, 9.17) is 4.74 Å². The molecule has 0 saturated carbocycles. The van der Waals surface area contributed by atoms with Crippen molar-refractivity contribution in [2.45, 2.75) is 26.3 Å². The summed E-state index contributed by atoms with van der Waals surface area (Å²) in [5.74, 6) is 0.778. The molecule has 17 heavy (non-hydrogen) atoms. The predicted octanol–water partition coefficient (Wildman–Crippen LogP) is 3.38. The lowest BCUT2D eigenvalue weighted by Crippen LogP contribution is -2.19. The maximum atomic E-state index is 5.41. The van der Waals surface area contributed by atoms with Crippen LogP contribution >= 0.6 is 0 Å². The van der Waals surface area contributed by atoms with Crippen molar-refractivity contribution in [1.29, 1.82) is 0 Å². The summed E-state index contributed by atoms with van der Waals surface area (Å²) >= 11 is 0. The van der Waals surface area contributed by atoms with E-state index in [1.54, 1.807) is 0 Å². The normalized spacial score (nSPS) is 17.7. The van der Waals surface area contributed by atoms with Crippen LogP contribution in [0.4, 0.5) is 0 Å². The van der Waals surface area contributed by atoms with Crippen LogP contribution in [0, 0.1) is 12.8 Å². The second-order valence-electron chi connectivity index (χ2n) is 5.09. The van der Waals surface area contributed by atoms with Crippen LogP contribution in [0.5, 0.6) is 0 Å². The fraction of sp³-hybridized carbons (Fsp3) is 0.467. The van der Waals surface area contributed by atoms with Crippen molar-refractivity contribution in [2.75, 3.05) is 13.2 Å². The molecule has 2 nitrogen and oxygen atoms in total. The molecule has 0 unspecified atom stereocenters. The van der Waals surface area contributed by atoms with Gasteiger partial charge in [-0.05, 0) is 49.3 Å². The molecule has 0 aliphatic carbocycles. The molecule has 0 spiro atoms. The molecule has 3 rings (SSSR count). The molecule has 0 amide bonds. The Kier molecular flexibility index (Phi) is 2.89. The monoisotopic (exact) mass is 229 g/mol. The van der Waals surface area contributed by atoms with Gasteiger partial charge >= 0.3 is 0 Å². The third kappa shape index (κ3) is 2.22. The summed E-state index contributed by atoms with van der Waals surface area (Å²) in [4.78, 5) is 0. The highest BCUT2D eigenvalue weighted by Gasteiger charge is 2.14. The Hall–Kier alpha value is -1.28. The first kappa shape index (κ1) is 10.8. The lowest BCUT2D eigenvalue weighted by molar-refractivity contribution is 0.0616. The lowest BCUT2D eigenvalue weighted by atomic mass is 10.0. The number of nitrogens with zero attached hydrogens (tertiary/aromatic N) is 1. The summed E-state index contributed by atoms with van der Waals surface area (Å²) in [6, 6.07) is 8.92. The molecule has 1 aliphatic rings. The smallest absolute Gasteiger partial charge is 0.0480 e. The van der Waals surface area contributed by atoms with Crippen LogP contribution in [0.25, 0.3) is 10.9 Å². The molecule has 1 fully saturated rings. The first-order valence-corrected chi connectivity index (χ1v) is 6.46. The number of rotatable bonds is 2. The van der Waals surface area contributed by atoms with Gasteiger partial charge in [-0.1, -0.05) is 11.6 Å². The quantitative estimate of drug-likeness (QED) is 0.770. The zero-order valence-corrected chi connectivity index (χ0v) is 10.4. The number of hydrogen-bond donors (Lipinski definition) is 0. The summed E-state index contributed by atoms with van der Waals surface area (Å²) in [5.41, 5.74) is 2.70. The van der Waals surface area contributed by atoms with Crippen molar-refractivity contribution in [3.8, 4) is 0 Å². The zero-order valence-electron chi connectivity index (χ0n) is 10.4. The fourth-order valence-electron chi connectivity index (χ4n) is 2.69. The van der Waals surface area contributed by atoms with Gasteiger partial charge in [-0.15, -0.1) is 0 Å². The molecule has 1 saturated heterocycles. The number of fused-ring (bicyclic) bond motifs is 1. The first-order valence-electron chi connectivity index (χ1n) is 6.46. The molecular formula is C15H19NO. The van der Waals surface area contributed by atoms with Gasteiger partial charge in [0.1, 0.15) is 0 Å². The fourth-order valence-corrected chi connectivity index (χ4v) is 2.69. The Labute approximate surface area is 102 Å². The number of benzene rings is 1. The molecule has 1 aliphatic heterocycles. The highest BCUT2D eigenvalue weighted by atomic mass is 16.5. The van der Waals surface area contributed by atoms with E-state index in [2.05, 4.69) is 42.0 Å². The van der Waals surface area contributed by atoms with Gasteiger partial charge in [0, 0.05) is 31.5 Å². The molecular weight excluding hydrogens is 210 g/mol. The summed E-state index contributed by atoms with van der Waals surface area (Å²) in [7, 11) is 0. The maximum absolute atomic E-state index is 5.41. The minimum absolute atomic E-state index is 0.778. The van der Waals surface area contributed by atoms with E-state index >= 15 is 0 Å².